The molecule has 0 aromatic carbocycles. The van der Waals surface area contributed by atoms with Gasteiger partial charge >= 0.3 is 0 Å². The van der Waals surface area contributed by atoms with Gasteiger partial charge in [0.2, 0.25) is 0 Å². The van der Waals surface area contributed by atoms with E-state index in [4.69, 9.17) is 11.5 Å². The highest BCUT2D eigenvalue weighted by Crippen LogP contribution is 1.82. The van der Waals surface area contributed by atoms with Crippen molar-refractivity contribution < 1.29 is 0 Å². The highest BCUT2D eigenvalue weighted by Gasteiger charge is 1.73. The molecule has 1 aromatic rings. The highest BCUT2D eigenvalue weighted by molar-refractivity contribution is 4.91. The van der Waals surface area contributed by atoms with Crippen molar-refractivity contribution in [2.45, 2.75) is 20.8 Å². The van der Waals surface area contributed by atoms with Crippen molar-refractivity contribution in [1.29, 1.82) is 0 Å². The molecule has 1 aromatic heterocycles. The van der Waals surface area contributed by atoms with Crippen LogP contribution >= 0.6 is 0 Å². The Morgan fingerprint density at radius 3 is 1.83 bits per heavy atom. The predicted octanol–water partition coefficient (Wildman–Crippen LogP) is 0.648. The fraction of sp³-hybridized carbons (Fsp3) is 0.625. The molecule has 1 rings (SSSR count). The molecule has 0 spiro atoms. The predicted molar refractivity (Wildman–Crippen MR) is 52.8 cm³/mol. The van der Waals surface area contributed by atoms with Crippen molar-refractivity contribution in [3.05, 3.63) is 18.0 Å². The number of H-pyrrole nitrogens is 1. The van der Waals surface area contributed by atoms with E-state index in [1.54, 1.807) is 6.20 Å². The van der Waals surface area contributed by atoms with Gasteiger partial charge in [-0.25, -0.2) is 0 Å². The monoisotopic (exact) mass is 172 g/mol. The minimum atomic E-state index is 0.750. The summed E-state index contributed by atoms with van der Waals surface area (Å²) in [5.41, 5.74) is 10.8. The summed E-state index contributed by atoms with van der Waals surface area (Å²) >= 11 is 0. The third kappa shape index (κ3) is 16.1. The lowest BCUT2D eigenvalue weighted by atomic mass is 10.5. The van der Waals surface area contributed by atoms with E-state index in [1.807, 2.05) is 26.8 Å². The molecule has 0 fully saturated rings. The second-order valence-corrected chi connectivity index (χ2v) is 2.06. The molecule has 0 atom stereocenters. The van der Waals surface area contributed by atoms with Crippen LogP contribution < -0.4 is 11.5 Å². The Labute approximate surface area is 74.3 Å². The summed E-state index contributed by atoms with van der Waals surface area (Å²) in [6.45, 7) is 7.27. The molecule has 4 heteroatoms. The molecule has 12 heavy (non-hydrogen) atoms. The van der Waals surface area contributed by atoms with Crippen molar-refractivity contribution in [1.82, 2.24) is 10.2 Å². The van der Waals surface area contributed by atoms with E-state index in [0.29, 0.717) is 0 Å². The van der Waals surface area contributed by atoms with Gasteiger partial charge in [-0.2, -0.15) is 5.10 Å². The van der Waals surface area contributed by atoms with E-state index in [1.165, 1.54) is 0 Å². The van der Waals surface area contributed by atoms with E-state index in [0.717, 1.165) is 18.8 Å². The lowest BCUT2D eigenvalue weighted by Gasteiger charge is -1.68. The molecule has 0 aliphatic heterocycles. The Kier molecular flexibility index (Phi) is 14.6. The first-order chi connectivity index (χ1) is 5.72. The summed E-state index contributed by atoms with van der Waals surface area (Å²) in [6, 6.07) is 1.92. The van der Waals surface area contributed by atoms with Crippen LogP contribution in [0.1, 0.15) is 19.5 Å². The fourth-order valence-corrected chi connectivity index (χ4v) is 0.325. The molecular formula is C8H20N4. The van der Waals surface area contributed by atoms with Crippen LogP contribution in [0.15, 0.2) is 12.3 Å². The number of aromatic nitrogens is 2. The average molecular weight is 172 g/mol. The molecule has 72 valence electrons. The van der Waals surface area contributed by atoms with E-state index in [2.05, 4.69) is 10.2 Å². The zero-order chi connectivity index (χ0) is 9.82. The van der Waals surface area contributed by atoms with E-state index in [9.17, 15) is 0 Å². The maximum Gasteiger partial charge on any atom is 0.0489 e. The van der Waals surface area contributed by atoms with Crippen molar-refractivity contribution >= 4 is 0 Å². The van der Waals surface area contributed by atoms with Crippen molar-refractivity contribution in [3.8, 4) is 0 Å². The smallest absolute Gasteiger partial charge is 0.0489 e. The summed E-state index contributed by atoms with van der Waals surface area (Å²) in [7, 11) is 0. The van der Waals surface area contributed by atoms with Gasteiger partial charge in [0.25, 0.3) is 0 Å². The molecule has 0 saturated heterocycles. The summed E-state index contributed by atoms with van der Waals surface area (Å²) in [4.78, 5) is 0. The van der Waals surface area contributed by atoms with Gasteiger partial charge in [0, 0.05) is 11.9 Å². The van der Waals surface area contributed by atoms with E-state index >= 15 is 0 Å². The van der Waals surface area contributed by atoms with Crippen molar-refractivity contribution in [2.24, 2.45) is 11.5 Å². The molecule has 0 radical (unpaired) electrons. The van der Waals surface area contributed by atoms with Crippen molar-refractivity contribution in [3.63, 3.8) is 0 Å². The van der Waals surface area contributed by atoms with Gasteiger partial charge in [-0.05, 0) is 26.1 Å². The molecule has 0 aliphatic carbocycles. The first-order valence-corrected chi connectivity index (χ1v) is 4.08. The SMILES string of the molecule is CCN.CCN.Cc1ccn[nH]1. The van der Waals surface area contributed by atoms with Crippen LogP contribution in [0.2, 0.25) is 0 Å². The lowest BCUT2D eigenvalue weighted by molar-refractivity contribution is 1.05. The van der Waals surface area contributed by atoms with Crippen LogP contribution in [0.4, 0.5) is 0 Å². The topological polar surface area (TPSA) is 80.7 Å². The van der Waals surface area contributed by atoms with Gasteiger partial charge in [0.1, 0.15) is 0 Å². The van der Waals surface area contributed by atoms with E-state index in [-0.39, 0.29) is 0 Å². The Morgan fingerprint density at radius 1 is 1.33 bits per heavy atom. The number of nitrogens with one attached hydrogen (secondary N) is 1. The minimum absolute atomic E-state index is 0.750. The molecule has 1 heterocycles. The molecule has 4 nitrogen and oxygen atoms in total. The molecule has 5 N–H and O–H groups in total. The Morgan fingerprint density at radius 2 is 1.75 bits per heavy atom. The van der Waals surface area contributed by atoms with Gasteiger partial charge < -0.3 is 11.5 Å². The standard InChI is InChI=1S/C4H6N2.2C2H7N/c1-4-2-3-5-6-4;2*1-2-3/h2-3H,1H3,(H,5,6);2*2-3H2,1H3. The molecular weight excluding hydrogens is 152 g/mol. The number of hydrogen-bond donors (Lipinski definition) is 3. The third-order valence-corrected chi connectivity index (χ3v) is 0.640. The van der Waals surface area contributed by atoms with Crippen LogP contribution in [0.3, 0.4) is 0 Å². The van der Waals surface area contributed by atoms with E-state index < -0.39 is 0 Å². The summed E-state index contributed by atoms with van der Waals surface area (Å²) < 4.78 is 0. The molecule has 0 unspecified atom stereocenters. The zero-order valence-corrected chi connectivity index (χ0v) is 8.17. The zero-order valence-electron chi connectivity index (χ0n) is 8.17. The fourth-order valence-electron chi connectivity index (χ4n) is 0.325. The van der Waals surface area contributed by atoms with Gasteiger partial charge in [-0.1, -0.05) is 13.8 Å². The maximum absolute atomic E-state index is 4.85. The first kappa shape index (κ1) is 13.7. The molecule has 0 aliphatic rings. The average Bonchev–Trinajstić information content (AvgIpc) is 2.43. The summed E-state index contributed by atoms with van der Waals surface area (Å²) in [5.74, 6) is 0. The second kappa shape index (κ2) is 12.8. The van der Waals surface area contributed by atoms with Gasteiger partial charge in [0.15, 0.2) is 0 Å². The maximum atomic E-state index is 4.85. The lowest BCUT2D eigenvalue weighted by Crippen LogP contribution is -1.87. The Bertz CT molecular complexity index is 135. The number of nitrogens with two attached hydrogens (primary N) is 2. The molecule has 0 amide bonds. The number of aryl methyl sites for hydroxylation is 1. The molecule has 0 saturated carbocycles. The second-order valence-electron chi connectivity index (χ2n) is 2.06. The van der Waals surface area contributed by atoms with Crippen LogP contribution in [0, 0.1) is 6.92 Å². The van der Waals surface area contributed by atoms with Crippen molar-refractivity contribution in [2.75, 3.05) is 13.1 Å². The van der Waals surface area contributed by atoms with Gasteiger partial charge in [-0.15, -0.1) is 0 Å². The number of rotatable bonds is 0. The van der Waals surface area contributed by atoms with Crippen LogP contribution in [0.5, 0.6) is 0 Å². The third-order valence-electron chi connectivity index (χ3n) is 0.640. The number of hydrogen-bond acceptors (Lipinski definition) is 3. The number of nitrogens with zero attached hydrogens (tertiary/aromatic N) is 1. The van der Waals surface area contributed by atoms with Gasteiger partial charge in [-0.3, -0.25) is 5.10 Å². The Hall–Kier alpha value is -0.870. The van der Waals surface area contributed by atoms with Crippen LogP contribution in [0.25, 0.3) is 0 Å². The summed E-state index contributed by atoms with van der Waals surface area (Å²) in [6.07, 6.45) is 1.73. The summed E-state index contributed by atoms with van der Waals surface area (Å²) in [5, 5.41) is 6.45. The quantitative estimate of drug-likeness (QED) is 0.537. The minimum Gasteiger partial charge on any atom is -0.331 e. The highest BCUT2D eigenvalue weighted by atomic mass is 15.1. The van der Waals surface area contributed by atoms with Crippen LogP contribution in [-0.2, 0) is 0 Å². The Balaban J connectivity index is 0. The molecule has 0 bridgehead atoms. The normalized spacial score (nSPS) is 7.42. The largest absolute Gasteiger partial charge is 0.331 e. The first-order valence-electron chi connectivity index (χ1n) is 4.08. The van der Waals surface area contributed by atoms with Gasteiger partial charge in [0.05, 0.1) is 0 Å². The number of aromatic amines is 1. The van der Waals surface area contributed by atoms with Crippen LogP contribution in [-0.4, -0.2) is 23.3 Å².